The fourth-order valence-electron chi connectivity index (χ4n) is 4.84. The zero-order valence-electron chi connectivity index (χ0n) is 18.6. The highest BCUT2D eigenvalue weighted by Gasteiger charge is 2.34. The lowest BCUT2D eigenvalue weighted by atomic mass is 9.83. The summed E-state index contributed by atoms with van der Waals surface area (Å²) in [6.07, 6.45) is 3.16. The third-order valence-corrected chi connectivity index (χ3v) is 7.36. The minimum Gasteiger partial charge on any atom is -0.496 e. The second-order valence-corrected chi connectivity index (χ2v) is 9.30. The molecule has 0 spiro atoms. The van der Waals surface area contributed by atoms with Crippen molar-refractivity contribution in [1.82, 2.24) is 4.57 Å². The largest absolute Gasteiger partial charge is 0.496 e. The molecule has 0 bridgehead atoms. The summed E-state index contributed by atoms with van der Waals surface area (Å²) in [4.78, 5) is 29.6. The molecule has 1 unspecified atom stereocenters. The van der Waals surface area contributed by atoms with Crippen molar-refractivity contribution in [3.63, 3.8) is 0 Å². The van der Waals surface area contributed by atoms with Crippen molar-refractivity contribution in [2.45, 2.75) is 18.9 Å². The van der Waals surface area contributed by atoms with Crippen LogP contribution in [0.25, 0.3) is 11.8 Å². The molecule has 2 aromatic heterocycles. The minimum absolute atomic E-state index is 0.228. The summed E-state index contributed by atoms with van der Waals surface area (Å²) < 4.78 is 13.0. The van der Waals surface area contributed by atoms with Crippen molar-refractivity contribution < 1.29 is 14.1 Å². The van der Waals surface area contributed by atoms with Gasteiger partial charge in [-0.3, -0.25) is 19.5 Å². The van der Waals surface area contributed by atoms with Gasteiger partial charge >= 0.3 is 5.88 Å². The number of allylic oxidation sites excluding steroid dienone is 1. The lowest BCUT2D eigenvalue weighted by molar-refractivity contribution is -0.402. The van der Waals surface area contributed by atoms with Crippen molar-refractivity contribution in [3.8, 4) is 5.75 Å². The van der Waals surface area contributed by atoms with Crippen molar-refractivity contribution >= 4 is 29.0 Å². The zero-order chi connectivity index (χ0) is 24.1. The van der Waals surface area contributed by atoms with Gasteiger partial charge < -0.3 is 9.15 Å². The maximum absolute atomic E-state index is 13.7. The summed E-state index contributed by atoms with van der Waals surface area (Å²) >= 11 is 1.24. The van der Waals surface area contributed by atoms with E-state index in [1.54, 1.807) is 11.7 Å². The lowest BCUT2D eigenvalue weighted by Crippen LogP contribution is -2.38. The lowest BCUT2D eigenvalue weighted by Gasteiger charge is -2.31. The number of furan rings is 1. The van der Waals surface area contributed by atoms with Gasteiger partial charge in [0.15, 0.2) is 4.80 Å². The molecule has 3 heterocycles. The van der Waals surface area contributed by atoms with E-state index in [4.69, 9.17) is 14.1 Å². The first kappa shape index (κ1) is 21.3. The van der Waals surface area contributed by atoms with Crippen LogP contribution >= 0.6 is 11.3 Å². The molecule has 0 N–H and O–H groups in total. The fraction of sp³-hybridized carbons (Fsp3) is 0.154. The van der Waals surface area contributed by atoms with Gasteiger partial charge in [0.2, 0.25) is 0 Å². The molecule has 2 aliphatic rings. The Labute approximate surface area is 202 Å². The Kier molecular flexibility index (Phi) is 5.00. The van der Waals surface area contributed by atoms with Gasteiger partial charge in [-0.05, 0) is 36.1 Å². The molecule has 1 aliphatic carbocycles. The van der Waals surface area contributed by atoms with Gasteiger partial charge in [-0.15, -0.1) is 0 Å². The van der Waals surface area contributed by atoms with Crippen LogP contribution in [0, 0.1) is 10.1 Å². The third-order valence-electron chi connectivity index (χ3n) is 6.37. The molecule has 2 aromatic carbocycles. The molecule has 0 saturated carbocycles. The number of methoxy groups -OCH3 is 1. The number of aryl methyl sites for hydroxylation is 1. The monoisotopic (exact) mass is 485 g/mol. The number of fused-ring (bicyclic) bond motifs is 3. The number of para-hydroxylation sites is 1. The van der Waals surface area contributed by atoms with Gasteiger partial charge in [-0.25, -0.2) is 4.99 Å². The Morgan fingerprint density at radius 2 is 1.94 bits per heavy atom. The quantitative estimate of drug-likeness (QED) is 0.323. The number of ether oxygens (including phenoxy) is 1. The van der Waals surface area contributed by atoms with Crippen molar-refractivity contribution in [2.75, 3.05) is 7.11 Å². The fourth-order valence-corrected chi connectivity index (χ4v) is 5.82. The van der Waals surface area contributed by atoms with Gasteiger partial charge in [-0.1, -0.05) is 53.8 Å². The predicted octanol–water partition coefficient (Wildman–Crippen LogP) is 3.83. The number of benzene rings is 2. The maximum atomic E-state index is 13.7. The van der Waals surface area contributed by atoms with E-state index in [1.807, 2.05) is 36.4 Å². The van der Waals surface area contributed by atoms with E-state index >= 15 is 0 Å². The Hall–Kier alpha value is -4.24. The summed E-state index contributed by atoms with van der Waals surface area (Å²) in [5.41, 5.74) is 4.93. The highest BCUT2D eigenvalue weighted by molar-refractivity contribution is 7.07. The molecule has 0 fully saturated rings. The molecule has 0 radical (unpaired) electrons. The van der Waals surface area contributed by atoms with Crippen LogP contribution in [0.5, 0.6) is 5.75 Å². The Morgan fingerprint density at radius 3 is 2.74 bits per heavy atom. The molecule has 1 aliphatic heterocycles. The Bertz CT molecular complexity index is 1710. The molecule has 8 nitrogen and oxygen atoms in total. The topological polar surface area (TPSA) is 99.9 Å². The normalized spacial score (nSPS) is 16.8. The van der Waals surface area contributed by atoms with Crippen molar-refractivity contribution in [2.24, 2.45) is 4.99 Å². The molecule has 35 heavy (non-hydrogen) atoms. The molecule has 1 atom stereocenters. The zero-order valence-corrected chi connectivity index (χ0v) is 19.5. The SMILES string of the molecule is COc1ccccc1C1C2=C(N=c3s/c(=C\c4ccc([N+](=O)[O-])o4)c(=O)n31)c1ccccc1CC2. The summed E-state index contributed by atoms with van der Waals surface area (Å²) in [7, 11) is 1.62. The van der Waals surface area contributed by atoms with Gasteiger partial charge in [0, 0.05) is 17.2 Å². The number of thiazole rings is 1. The van der Waals surface area contributed by atoms with Crippen LogP contribution in [-0.4, -0.2) is 16.6 Å². The first-order valence-corrected chi connectivity index (χ1v) is 11.9. The van der Waals surface area contributed by atoms with E-state index in [0.29, 0.717) is 15.1 Å². The van der Waals surface area contributed by atoms with Crippen LogP contribution in [0.3, 0.4) is 0 Å². The second kappa shape index (κ2) is 8.21. The third kappa shape index (κ3) is 3.43. The van der Waals surface area contributed by atoms with Crippen LogP contribution < -0.4 is 19.6 Å². The number of aromatic nitrogens is 1. The number of hydrogen-bond donors (Lipinski definition) is 0. The molecule has 0 amide bonds. The second-order valence-electron chi connectivity index (χ2n) is 8.29. The standard InChI is InChI=1S/C26H19N3O5S/c1-33-20-9-5-4-8-18(20)24-19-12-10-15-6-2-3-7-17(15)23(19)27-26-28(24)25(30)21(35-26)14-16-11-13-22(34-16)29(31)32/h2-9,11,13-14,24H,10,12H2,1H3/b21-14-. The number of nitrogens with zero attached hydrogens (tertiary/aromatic N) is 3. The molecule has 174 valence electrons. The number of nitro groups is 1. The summed E-state index contributed by atoms with van der Waals surface area (Å²) in [6, 6.07) is 18.3. The van der Waals surface area contributed by atoms with E-state index in [2.05, 4.69) is 12.1 Å². The maximum Gasteiger partial charge on any atom is 0.433 e. The summed E-state index contributed by atoms with van der Waals surface area (Å²) in [5.74, 6) is 0.564. The molecular formula is C26H19N3O5S. The van der Waals surface area contributed by atoms with Gasteiger partial charge in [0.1, 0.15) is 16.4 Å². The smallest absolute Gasteiger partial charge is 0.433 e. The van der Waals surface area contributed by atoms with Gasteiger partial charge in [-0.2, -0.15) is 0 Å². The first-order valence-electron chi connectivity index (χ1n) is 11.1. The Balaban J connectivity index is 1.62. The highest BCUT2D eigenvalue weighted by Crippen LogP contribution is 2.43. The number of hydrogen-bond acceptors (Lipinski definition) is 7. The van der Waals surface area contributed by atoms with E-state index in [9.17, 15) is 14.9 Å². The average Bonchev–Trinajstić information content (AvgIpc) is 3.47. The Morgan fingerprint density at radius 1 is 1.14 bits per heavy atom. The van der Waals surface area contributed by atoms with E-state index in [-0.39, 0.29) is 23.2 Å². The van der Waals surface area contributed by atoms with Crippen LogP contribution in [0.2, 0.25) is 0 Å². The molecule has 4 aromatic rings. The predicted molar refractivity (Wildman–Crippen MR) is 131 cm³/mol. The molecular weight excluding hydrogens is 466 g/mol. The molecule has 0 saturated heterocycles. The van der Waals surface area contributed by atoms with E-state index in [0.717, 1.165) is 35.2 Å². The van der Waals surface area contributed by atoms with Gasteiger partial charge in [0.25, 0.3) is 5.56 Å². The molecule has 6 rings (SSSR count). The van der Waals surface area contributed by atoms with Crippen molar-refractivity contribution in [1.29, 1.82) is 0 Å². The van der Waals surface area contributed by atoms with Gasteiger partial charge in [0.05, 0.1) is 29.4 Å². The average molecular weight is 486 g/mol. The van der Waals surface area contributed by atoms with Crippen LogP contribution in [0.4, 0.5) is 5.88 Å². The first-order chi connectivity index (χ1) is 17.0. The molecule has 9 heteroatoms. The summed E-state index contributed by atoms with van der Waals surface area (Å²) in [5, 5.41) is 11.0. The minimum atomic E-state index is -0.605. The van der Waals surface area contributed by atoms with Crippen LogP contribution in [0.15, 0.2) is 80.4 Å². The van der Waals surface area contributed by atoms with Crippen LogP contribution in [0.1, 0.15) is 34.9 Å². The number of rotatable bonds is 4. The van der Waals surface area contributed by atoms with E-state index < -0.39 is 4.92 Å². The highest BCUT2D eigenvalue weighted by atomic mass is 32.1. The van der Waals surface area contributed by atoms with E-state index in [1.165, 1.54) is 35.1 Å². The van der Waals surface area contributed by atoms with Crippen LogP contribution in [-0.2, 0) is 6.42 Å². The van der Waals surface area contributed by atoms with Crippen molar-refractivity contribution in [3.05, 3.63) is 118 Å². The summed E-state index contributed by atoms with van der Waals surface area (Å²) in [6.45, 7) is 0.